The van der Waals surface area contributed by atoms with Gasteiger partial charge in [-0.05, 0) is 42.7 Å². The number of rotatable bonds is 8. The molecule has 2 fully saturated rings. The summed E-state index contributed by atoms with van der Waals surface area (Å²) in [6.45, 7) is 0. The van der Waals surface area contributed by atoms with Crippen molar-refractivity contribution in [2.45, 2.75) is 55.7 Å². The summed E-state index contributed by atoms with van der Waals surface area (Å²) < 4.78 is 10.8. The molecule has 0 saturated carbocycles. The van der Waals surface area contributed by atoms with E-state index in [1.807, 2.05) is 4.90 Å². The largest absolute Gasteiger partial charge is 0.354 e. The summed E-state index contributed by atoms with van der Waals surface area (Å²) in [4.78, 5) is 28.3. The Kier molecular flexibility index (Phi) is 7.98. The molecule has 31 heavy (non-hydrogen) atoms. The topological polar surface area (TPSA) is 67.9 Å². The van der Waals surface area contributed by atoms with E-state index >= 15 is 0 Å². The SMILES string of the molecule is COC(OC)[C@@H]1CSCN1C(=O)[C@H]1NCSC1C(=O)CC[C@@H]1CCc2ccccc2C1. The minimum absolute atomic E-state index is 0.0101. The number of aryl methyl sites for hydroxylation is 1. The minimum Gasteiger partial charge on any atom is -0.354 e. The normalized spacial score (nSPS) is 28.2. The van der Waals surface area contributed by atoms with Gasteiger partial charge in [0, 0.05) is 32.3 Å². The summed E-state index contributed by atoms with van der Waals surface area (Å²) in [7, 11) is 3.19. The number of carbonyl (C=O) groups is 2. The van der Waals surface area contributed by atoms with Crippen molar-refractivity contribution in [1.82, 2.24) is 10.2 Å². The first-order valence-electron chi connectivity index (χ1n) is 11.0. The molecule has 0 spiro atoms. The molecule has 4 rings (SSSR count). The molecular formula is C23H32N2O4S2. The predicted octanol–water partition coefficient (Wildman–Crippen LogP) is 2.69. The molecule has 1 N–H and O–H groups in total. The molecule has 6 nitrogen and oxygen atoms in total. The number of fused-ring (bicyclic) bond motifs is 1. The molecule has 1 aromatic carbocycles. The summed E-state index contributed by atoms with van der Waals surface area (Å²) in [6.07, 6.45) is 4.31. The number of carbonyl (C=O) groups excluding carboxylic acids is 2. The van der Waals surface area contributed by atoms with Crippen molar-refractivity contribution in [2.75, 3.05) is 31.7 Å². The maximum absolute atomic E-state index is 13.3. The third kappa shape index (κ3) is 5.14. The van der Waals surface area contributed by atoms with E-state index in [9.17, 15) is 9.59 Å². The Balaban J connectivity index is 1.34. The second kappa shape index (κ2) is 10.7. The van der Waals surface area contributed by atoms with Crippen LogP contribution in [0.15, 0.2) is 24.3 Å². The number of amides is 1. The van der Waals surface area contributed by atoms with Crippen molar-refractivity contribution in [3.8, 4) is 0 Å². The molecule has 1 unspecified atom stereocenters. The van der Waals surface area contributed by atoms with Crippen LogP contribution in [0.3, 0.4) is 0 Å². The zero-order valence-electron chi connectivity index (χ0n) is 18.2. The van der Waals surface area contributed by atoms with E-state index in [0.717, 1.165) is 31.4 Å². The molecule has 0 bridgehead atoms. The van der Waals surface area contributed by atoms with E-state index in [1.165, 1.54) is 11.1 Å². The molecule has 1 aromatic rings. The van der Waals surface area contributed by atoms with Crippen LogP contribution in [0.4, 0.5) is 0 Å². The number of hydrogen-bond donors (Lipinski definition) is 1. The highest BCUT2D eigenvalue weighted by Gasteiger charge is 2.44. The van der Waals surface area contributed by atoms with E-state index in [4.69, 9.17) is 9.47 Å². The van der Waals surface area contributed by atoms with Gasteiger partial charge in [-0.2, -0.15) is 0 Å². The zero-order valence-corrected chi connectivity index (χ0v) is 19.9. The van der Waals surface area contributed by atoms with Gasteiger partial charge in [0.1, 0.15) is 11.8 Å². The minimum atomic E-state index is -0.458. The molecule has 2 saturated heterocycles. The molecule has 170 valence electrons. The fourth-order valence-electron chi connectivity index (χ4n) is 4.93. The van der Waals surface area contributed by atoms with Gasteiger partial charge in [-0.15, -0.1) is 23.5 Å². The average Bonchev–Trinajstić information content (AvgIpc) is 3.48. The van der Waals surface area contributed by atoms with Crippen molar-refractivity contribution in [3.63, 3.8) is 0 Å². The van der Waals surface area contributed by atoms with E-state index in [2.05, 4.69) is 29.6 Å². The first-order chi connectivity index (χ1) is 15.1. The van der Waals surface area contributed by atoms with Crippen LogP contribution >= 0.6 is 23.5 Å². The van der Waals surface area contributed by atoms with Gasteiger partial charge in [0.2, 0.25) is 5.91 Å². The highest BCUT2D eigenvalue weighted by Crippen LogP contribution is 2.32. The third-order valence-electron chi connectivity index (χ3n) is 6.68. The van der Waals surface area contributed by atoms with Crippen molar-refractivity contribution < 1.29 is 19.1 Å². The Morgan fingerprint density at radius 2 is 2.00 bits per heavy atom. The molecule has 4 atom stereocenters. The molecule has 0 radical (unpaired) electrons. The maximum atomic E-state index is 13.3. The number of benzene rings is 1. The summed E-state index contributed by atoms with van der Waals surface area (Å²) in [6, 6.07) is 8.06. The molecule has 0 aromatic heterocycles. The molecule has 1 amide bonds. The van der Waals surface area contributed by atoms with Crippen LogP contribution in [-0.2, 0) is 31.9 Å². The molecule has 2 aliphatic heterocycles. The monoisotopic (exact) mass is 464 g/mol. The van der Waals surface area contributed by atoms with Crippen molar-refractivity contribution in [2.24, 2.45) is 5.92 Å². The number of nitrogens with one attached hydrogen (secondary N) is 1. The Morgan fingerprint density at radius 3 is 2.77 bits per heavy atom. The predicted molar refractivity (Wildman–Crippen MR) is 125 cm³/mol. The van der Waals surface area contributed by atoms with Gasteiger partial charge in [-0.1, -0.05) is 24.3 Å². The standard InChI is InChI=1S/C23H32N2O4S2/c1-28-23(29-2)18-12-30-14-25(18)22(27)20-21(31-13-24-20)19(26)10-8-15-7-9-16-5-3-4-6-17(16)11-15/h3-6,15,18,20-21,23-24H,7-14H2,1-2H3/t15-,18-,20-,21?/m0/s1. The van der Waals surface area contributed by atoms with Gasteiger partial charge in [0.25, 0.3) is 0 Å². The lowest BCUT2D eigenvalue weighted by Crippen LogP contribution is -2.54. The van der Waals surface area contributed by atoms with Crippen LogP contribution < -0.4 is 5.32 Å². The second-order valence-corrected chi connectivity index (χ2v) is 10.6. The average molecular weight is 465 g/mol. The van der Waals surface area contributed by atoms with Gasteiger partial charge in [-0.25, -0.2) is 0 Å². The summed E-state index contributed by atoms with van der Waals surface area (Å²) in [5.74, 6) is 2.76. The number of Topliss-reactive ketones (excluding diaryl/α,β-unsaturated/α-hetero) is 1. The quantitative estimate of drug-likeness (QED) is 0.593. The van der Waals surface area contributed by atoms with Crippen LogP contribution in [0.2, 0.25) is 0 Å². The second-order valence-electron chi connectivity index (χ2n) is 8.51. The van der Waals surface area contributed by atoms with Gasteiger partial charge < -0.3 is 14.4 Å². The van der Waals surface area contributed by atoms with Gasteiger partial charge >= 0.3 is 0 Å². The smallest absolute Gasteiger partial charge is 0.242 e. The van der Waals surface area contributed by atoms with Crippen molar-refractivity contribution in [1.29, 1.82) is 0 Å². The number of hydrogen-bond acceptors (Lipinski definition) is 7. The lowest BCUT2D eigenvalue weighted by Gasteiger charge is -2.31. The van der Waals surface area contributed by atoms with Crippen molar-refractivity contribution in [3.05, 3.63) is 35.4 Å². The fraction of sp³-hybridized carbons (Fsp3) is 0.652. The van der Waals surface area contributed by atoms with Gasteiger partial charge in [0.15, 0.2) is 6.29 Å². The lowest BCUT2D eigenvalue weighted by atomic mass is 9.81. The molecule has 3 aliphatic rings. The van der Waals surface area contributed by atoms with Crippen LogP contribution in [-0.4, -0.2) is 71.9 Å². The zero-order chi connectivity index (χ0) is 21.8. The Hall–Kier alpha value is -1.06. The number of methoxy groups -OCH3 is 2. The number of ether oxygens (including phenoxy) is 2. The number of thioether (sulfide) groups is 2. The van der Waals surface area contributed by atoms with E-state index in [1.54, 1.807) is 37.7 Å². The summed E-state index contributed by atoms with van der Waals surface area (Å²) >= 11 is 3.26. The Morgan fingerprint density at radius 1 is 1.23 bits per heavy atom. The van der Waals surface area contributed by atoms with Crippen LogP contribution in [0.25, 0.3) is 0 Å². The van der Waals surface area contributed by atoms with Gasteiger partial charge in [-0.3, -0.25) is 14.9 Å². The van der Waals surface area contributed by atoms with Gasteiger partial charge in [0.05, 0.1) is 17.2 Å². The highest BCUT2D eigenvalue weighted by molar-refractivity contribution is 8.01. The summed E-state index contributed by atoms with van der Waals surface area (Å²) in [5, 5.41) is 2.96. The Labute approximate surface area is 193 Å². The van der Waals surface area contributed by atoms with Crippen LogP contribution in [0.5, 0.6) is 0 Å². The van der Waals surface area contributed by atoms with Crippen molar-refractivity contribution >= 4 is 35.2 Å². The molecule has 1 aliphatic carbocycles. The highest BCUT2D eigenvalue weighted by atomic mass is 32.2. The van der Waals surface area contributed by atoms with E-state index < -0.39 is 12.3 Å². The molecule has 8 heteroatoms. The van der Waals surface area contributed by atoms with E-state index in [0.29, 0.717) is 24.1 Å². The van der Waals surface area contributed by atoms with E-state index in [-0.39, 0.29) is 23.0 Å². The Bertz CT molecular complexity index is 789. The van der Waals surface area contributed by atoms with Crippen LogP contribution in [0.1, 0.15) is 30.4 Å². The maximum Gasteiger partial charge on any atom is 0.242 e. The first-order valence-corrected chi connectivity index (χ1v) is 13.2. The number of nitrogens with zero attached hydrogens (tertiary/aromatic N) is 1. The first kappa shape index (κ1) is 23.1. The third-order valence-corrected chi connectivity index (χ3v) is 8.95. The lowest BCUT2D eigenvalue weighted by molar-refractivity contribution is -0.157. The fourth-order valence-corrected chi connectivity index (χ4v) is 7.30. The van der Waals surface area contributed by atoms with Crippen LogP contribution in [0, 0.1) is 5.92 Å². The molecular weight excluding hydrogens is 432 g/mol. The summed E-state index contributed by atoms with van der Waals surface area (Å²) in [5.41, 5.74) is 2.88. The number of ketones is 1. The molecule has 2 heterocycles.